The first-order valence-corrected chi connectivity index (χ1v) is 6.74. The van der Waals surface area contributed by atoms with Crippen molar-refractivity contribution in [1.29, 1.82) is 0 Å². The number of aromatic nitrogens is 4. The zero-order valence-electron chi connectivity index (χ0n) is 10.3. The van der Waals surface area contributed by atoms with Gasteiger partial charge in [-0.1, -0.05) is 24.4 Å². The van der Waals surface area contributed by atoms with Crippen molar-refractivity contribution >= 4 is 23.2 Å². The van der Waals surface area contributed by atoms with Gasteiger partial charge in [-0.25, -0.2) is 0 Å². The summed E-state index contributed by atoms with van der Waals surface area (Å²) in [5.41, 5.74) is 0. The fourth-order valence-electron chi connectivity index (χ4n) is 2.69. The molecule has 3 rings (SSSR count). The molecule has 0 spiro atoms. The monoisotopic (exact) mass is 265 g/mol. The zero-order chi connectivity index (χ0) is 12.5. The van der Waals surface area contributed by atoms with Gasteiger partial charge in [0.1, 0.15) is 17.3 Å². The average molecular weight is 266 g/mol. The topological polar surface area (TPSA) is 55.1 Å². The van der Waals surface area contributed by atoms with Gasteiger partial charge in [0.25, 0.3) is 5.78 Å². The Bertz CT molecular complexity index is 546. The van der Waals surface area contributed by atoms with Gasteiger partial charge in [0.2, 0.25) is 0 Å². The predicted molar refractivity (Wildman–Crippen MR) is 70.8 cm³/mol. The second-order valence-electron chi connectivity index (χ2n) is 4.91. The molecule has 2 aromatic rings. The lowest BCUT2D eigenvalue weighted by Gasteiger charge is -2.21. The van der Waals surface area contributed by atoms with Crippen LogP contribution in [0.4, 0.5) is 5.82 Å². The van der Waals surface area contributed by atoms with Crippen molar-refractivity contribution in [2.24, 2.45) is 5.92 Å². The highest BCUT2D eigenvalue weighted by atomic mass is 35.5. The average Bonchev–Trinajstić information content (AvgIpc) is 2.98. The van der Waals surface area contributed by atoms with Crippen LogP contribution in [0.1, 0.15) is 32.6 Å². The number of fused-ring (bicyclic) bond motifs is 1. The molecule has 0 amide bonds. The number of hydrogen-bond acceptors (Lipinski definition) is 4. The molecule has 96 valence electrons. The lowest BCUT2D eigenvalue weighted by Crippen LogP contribution is -2.25. The molecule has 2 heterocycles. The highest BCUT2D eigenvalue weighted by Gasteiger charge is 2.22. The Morgan fingerprint density at radius 1 is 1.44 bits per heavy atom. The van der Waals surface area contributed by atoms with Crippen molar-refractivity contribution in [2.75, 3.05) is 5.32 Å². The van der Waals surface area contributed by atoms with Gasteiger partial charge in [-0.15, -0.1) is 0 Å². The van der Waals surface area contributed by atoms with Crippen molar-refractivity contribution in [3.8, 4) is 0 Å². The van der Waals surface area contributed by atoms with Crippen molar-refractivity contribution in [3.63, 3.8) is 0 Å². The fourth-order valence-corrected chi connectivity index (χ4v) is 2.87. The van der Waals surface area contributed by atoms with Crippen LogP contribution in [-0.4, -0.2) is 25.6 Å². The Morgan fingerprint density at radius 2 is 2.22 bits per heavy atom. The molecule has 1 saturated carbocycles. The van der Waals surface area contributed by atoms with Gasteiger partial charge in [0.05, 0.1) is 0 Å². The Hall–Kier alpha value is -1.36. The molecular formula is C12H16ClN5. The number of hydrogen-bond donors (Lipinski definition) is 1. The van der Waals surface area contributed by atoms with Gasteiger partial charge in [-0.3, -0.25) is 0 Å². The van der Waals surface area contributed by atoms with Crippen LogP contribution in [-0.2, 0) is 0 Å². The second-order valence-corrected chi connectivity index (χ2v) is 5.30. The van der Waals surface area contributed by atoms with E-state index in [2.05, 4.69) is 27.3 Å². The third kappa shape index (κ3) is 2.14. The Labute approximate surface area is 111 Å². The summed E-state index contributed by atoms with van der Waals surface area (Å²) in [5, 5.41) is 8.09. The van der Waals surface area contributed by atoms with Gasteiger partial charge in [-0.05, 0) is 25.7 Å². The van der Waals surface area contributed by atoms with E-state index in [1.54, 1.807) is 10.6 Å². The number of anilines is 1. The van der Waals surface area contributed by atoms with E-state index in [0.29, 0.717) is 17.0 Å². The maximum Gasteiger partial charge on any atom is 0.255 e. The quantitative estimate of drug-likeness (QED) is 0.867. The summed E-state index contributed by atoms with van der Waals surface area (Å²) in [6.07, 6.45) is 6.77. The molecule has 1 aliphatic carbocycles. The van der Waals surface area contributed by atoms with Crippen LogP contribution in [0.15, 0.2) is 12.4 Å². The molecule has 1 fully saturated rings. The molecule has 0 radical (unpaired) electrons. The van der Waals surface area contributed by atoms with Gasteiger partial charge in [-0.2, -0.15) is 19.6 Å². The Balaban J connectivity index is 1.86. The molecule has 1 atom stereocenters. The van der Waals surface area contributed by atoms with Crippen LogP contribution in [0.2, 0.25) is 5.15 Å². The third-order valence-corrected chi connectivity index (χ3v) is 3.90. The molecule has 0 saturated heterocycles. The molecule has 18 heavy (non-hydrogen) atoms. The van der Waals surface area contributed by atoms with Gasteiger partial charge in [0.15, 0.2) is 0 Å². The molecule has 6 heteroatoms. The highest BCUT2D eigenvalue weighted by molar-refractivity contribution is 6.29. The number of nitrogens with one attached hydrogen (secondary N) is 1. The van der Waals surface area contributed by atoms with Crippen molar-refractivity contribution in [3.05, 3.63) is 17.5 Å². The largest absolute Gasteiger partial charge is 0.367 e. The SMILES string of the molecule is CC(Nc1cc(Cl)nc2ncnn12)C1CCCC1. The van der Waals surface area contributed by atoms with E-state index in [1.165, 1.54) is 32.0 Å². The van der Waals surface area contributed by atoms with Gasteiger partial charge >= 0.3 is 0 Å². The minimum absolute atomic E-state index is 0.415. The third-order valence-electron chi connectivity index (χ3n) is 3.70. The van der Waals surface area contributed by atoms with E-state index < -0.39 is 0 Å². The maximum absolute atomic E-state index is 5.99. The summed E-state index contributed by atoms with van der Waals surface area (Å²) < 4.78 is 1.69. The highest BCUT2D eigenvalue weighted by Crippen LogP contribution is 2.29. The summed E-state index contributed by atoms with van der Waals surface area (Å²) in [6, 6.07) is 2.22. The van der Waals surface area contributed by atoms with Crippen LogP contribution in [0, 0.1) is 5.92 Å². The minimum Gasteiger partial charge on any atom is -0.367 e. The molecule has 1 unspecified atom stereocenters. The van der Waals surface area contributed by atoms with Crippen LogP contribution < -0.4 is 5.32 Å². The number of rotatable bonds is 3. The van der Waals surface area contributed by atoms with Gasteiger partial charge < -0.3 is 5.32 Å². The van der Waals surface area contributed by atoms with E-state index in [-0.39, 0.29) is 0 Å². The minimum atomic E-state index is 0.415. The van der Waals surface area contributed by atoms with E-state index in [0.717, 1.165) is 11.7 Å². The summed E-state index contributed by atoms with van der Waals surface area (Å²) in [4.78, 5) is 8.18. The lowest BCUT2D eigenvalue weighted by molar-refractivity contribution is 0.480. The van der Waals surface area contributed by atoms with E-state index >= 15 is 0 Å². The van der Waals surface area contributed by atoms with Crippen molar-refractivity contribution in [1.82, 2.24) is 19.6 Å². The summed E-state index contributed by atoms with van der Waals surface area (Å²) in [7, 11) is 0. The standard InChI is InChI=1S/C12H16ClN5/c1-8(9-4-2-3-5-9)16-11-6-10(13)17-12-14-7-15-18(11)12/h6-9,16H,2-5H2,1H3. The van der Waals surface area contributed by atoms with E-state index in [1.807, 2.05) is 0 Å². The van der Waals surface area contributed by atoms with Crippen LogP contribution in [0.5, 0.6) is 0 Å². The van der Waals surface area contributed by atoms with Crippen molar-refractivity contribution in [2.45, 2.75) is 38.6 Å². The number of nitrogens with zero attached hydrogens (tertiary/aromatic N) is 4. The smallest absolute Gasteiger partial charge is 0.255 e. The Kier molecular flexibility index (Phi) is 3.07. The summed E-state index contributed by atoms with van der Waals surface area (Å²) in [5.74, 6) is 2.13. The first-order chi connectivity index (χ1) is 8.74. The Morgan fingerprint density at radius 3 is 3.00 bits per heavy atom. The molecule has 1 aliphatic rings. The summed E-state index contributed by atoms with van der Waals surface area (Å²) >= 11 is 5.99. The van der Waals surface area contributed by atoms with E-state index in [4.69, 9.17) is 11.6 Å². The zero-order valence-corrected chi connectivity index (χ0v) is 11.1. The van der Waals surface area contributed by atoms with Gasteiger partial charge in [0, 0.05) is 12.1 Å². The molecule has 1 N–H and O–H groups in total. The van der Waals surface area contributed by atoms with E-state index in [9.17, 15) is 0 Å². The fraction of sp³-hybridized carbons (Fsp3) is 0.583. The molecule has 2 aromatic heterocycles. The van der Waals surface area contributed by atoms with Crippen LogP contribution in [0.3, 0.4) is 0 Å². The number of halogens is 1. The van der Waals surface area contributed by atoms with Crippen LogP contribution in [0.25, 0.3) is 5.78 Å². The molecule has 0 aromatic carbocycles. The summed E-state index contributed by atoms with van der Waals surface area (Å²) in [6.45, 7) is 2.22. The molecule has 5 nitrogen and oxygen atoms in total. The maximum atomic E-state index is 5.99. The van der Waals surface area contributed by atoms with Crippen molar-refractivity contribution < 1.29 is 0 Å². The predicted octanol–water partition coefficient (Wildman–Crippen LogP) is 2.77. The second kappa shape index (κ2) is 4.72. The normalized spacial score (nSPS) is 18.3. The first-order valence-electron chi connectivity index (χ1n) is 6.37. The first kappa shape index (κ1) is 11.7. The van der Waals surface area contributed by atoms with Crippen LogP contribution >= 0.6 is 11.6 Å². The lowest BCUT2D eigenvalue weighted by atomic mass is 10.00. The molecule has 0 bridgehead atoms. The molecular weight excluding hydrogens is 250 g/mol. The molecule has 0 aliphatic heterocycles.